The van der Waals surface area contributed by atoms with Crippen LogP contribution in [0, 0.1) is 5.41 Å². The number of hydrogen-bond donors (Lipinski definition) is 0. The van der Waals surface area contributed by atoms with E-state index in [-0.39, 0.29) is 18.6 Å². The predicted molar refractivity (Wildman–Crippen MR) is 56.3 cm³/mol. The molecule has 0 heterocycles. The number of hydrogen-bond acceptors (Lipinski definition) is 4. The first-order valence-corrected chi connectivity index (χ1v) is 5.20. The van der Waals surface area contributed by atoms with Crippen LogP contribution in [-0.4, -0.2) is 25.2 Å². The zero-order valence-corrected chi connectivity index (χ0v) is 9.96. The van der Waals surface area contributed by atoms with Crippen LogP contribution in [-0.2, 0) is 19.1 Å². The zero-order valence-electron chi connectivity index (χ0n) is 9.96. The van der Waals surface area contributed by atoms with Crippen molar-refractivity contribution in [3.63, 3.8) is 0 Å². The molecule has 0 aliphatic heterocycles. The maximum Gasteiger partial charge on any atom is 0.417 e. The first-order valence-electron chi connectivity index (χ1n) is 5.20. The van der Waals surface area contributed by atoms with Crippen molar-refractivity contribution in [1.82, 2.24) is 0 Å². The molecule has 0 spiro atoms. The van der Waals surface area contributed by atoms with E-state index in [1.54, 1.807) is 0 Å². The molecule has 0 aromatic rings. The van der Waals surface area contributed by atoms with Crippen LogP contribution in [0.3, 0.4) is 0 Å². The average molecular weight is 216 g/mol. The second-order valence-corrected chi connectivity index (χ2v) is 4.63. The zero-order chi connectivity index (χ0) is 11.9. The molecular formula is C11H20O4. The normalized spacial score (nSPS) is 10.9. The van der Waals surface area contributed by atoms with Gasteiger partial charge < -0.3 is 9.47 Å². The number of carbonyl (C=O) groups excluding carboxylic acids is 2. The van der Waals surface area contributed by atoms with Gasteiger partial charge in [-0.15, -0.1) is 0 Å². The third-order valence-corrected chi connectivity index (χ3v) is 1.53. The van der Waals surface area contributed by atoms with Gasteiger partial charge in [0.1, 0.15) is 0 Å². The lowest BCUT2D eigenvalue weighted by molar-refractivity contribution is -0.169. The van der Waals surface area contributed by atoms with Gasteiger partial charge in [0.2, 0.25) is 0 Å². The molecule has 88 valence electrons. The Labute approximate surface area is 90.9 Å². The van der Waals surface area contributed by atoms with E-state index in [0.717, 1.165) is 12.8 Å². The number of carbonyl (C=O) groups is 2. The predicted octanol–water partition coefficient (Wildman–Crippen LogP) is 1.92. The van der Waals surface area contributed by atoms with Gasteiger partial charge in [-0.2, -0.15) is 0 Å². The van der Waals surface area contributed by atoms with E-state index in [1.807, 2.05) is 27.7 Å². The highest BCUT2D eigenvalue weighted by Gasteiger charge is 2.20. The number of rotatable bonds is 4. The Morgan fingerprint density at radius 3 is 2.07 bits per heavy atom. The van der Waals surface area contributed by atoms with Crippen LogP contribution in [0.4, 0.5) is 0 Å². The lowest BCUT2D eigenvalue weighted by Gasteiger charge is -2.17. The van der Waals surface area contributed by atoms with Gasteiger partial charge in [-0.25, -0.2) is 9.59 Å². The van der Waals surface area contributed by atoms with Gasteiger partial charge in [0.25, 0.3) is 0 Å². The summed E-state index contributed by atoms with van der Waals surface area (Å²) < 4.78 is 9.48. The van der Waals surface area contributed by atoms with Crippen molar-refractivity contribution >= 4 is 11.9 Å². The first kappa shape index (κ1) is 13.9. The van der Waals surface area contributed by atoms with Crippen LogP contribution < -0.4 is 0 Å². The van der Waals surface area contributed by atoms with Crippen LogP contribution in [0.25, 0.3) is 0 Å². The van der Waals surface area contributed by atoms with Crippen LogP contribution in [0.15, 0.2) is 0 Å². The van der Waals surface area contributed by atoms with Crippen LogP contribution in [0.1, 0.15) is 40.5 Å². The van der Waals surface area contributed by atoms with E-state index in [0.29, 0.717) is 0 Å². The Morgan fingerprint density at radius 2 is 1.60 bits per heavy atom. The Morgan fingerprint density at radius 1 is 1.07 bits per heavy atom. The summed E-state index contributed by atoms with van der Waals surface area (Å²) in [5.74, 6) is -1.80. The summed E-state index contributed by atoms with van der Waals surface area (Å²) in [6.07, 6.45) is 1.68. The van der Waals surface area contributed by atoms with E-state index in [1.165, 1.54) is 0 Å². The lowest BCUT2D eigenvalue weighted by atomic mass is 9.99. The van der Waals surface area contributed by atoms with Crippen molar-refractivity contribution in [2.24, 2.45) is 5.41 Å². The third-order valence-electron chi connectivity index (χ3n) is 1.53. The molecule has 0 bridgehead atoms. The van der Waals surface area contributed by atoms with Crippen molar-refractivity contribution in [2.45, 2.75) is 40.5 Å². The highest BCUT2D eigenvalue weighted by molar-refractivity contribution is 6.29. The molecule has 0 aliphatic carbocycles. The Hall–Kier alpha value is -1.06. The summed E-state index contributed by atoms with van der Waals surface area (Å²) in [5, 5.41) is 0. The van der Waals surface area contributed by atoms with E-state index >= 15 is 0 Å². The van der Waals surface area contributed by atoms with Gasteiger partial charge >= 0.3 is 11.9 Å². The second kappa shape index (κ2) is 6.43. The number of esters is 2. The summed E-state index contributed by atoms with van der Waals surface area (Å²) in [4.78, 5) is 22.1. The lowest BCUT2D eigenvalue weighted by Crippen LogP contribution is -2.25. The first-order chi connectivity index (χ1) is 6.87. The molecule has 0 aliphatic rings. The molecule has 0 atom stereocenters. The molecule has 0 rings (SSSR count). The fraction of sp³-hybridized carbons (Fsp3) is 0.818. The molecule has 0 saturated carbocycles. The quantitative estimate of drug-likeness (QED) is 0.409. The molecule has 0 unspecified atom stereocenters. The fourth-order valence-corrected chi connectivity index (χ4v) is 0.709. The minimum absolute atomic E-state index is 0.140. The largest absolute Gasteiger partial charge is 0.457 e. The fourth-order valence-electron chi connectivity index (χ4n) is 0.709. The summed E-state index contributed by atoms with van der Waals surface area (Å²) in [5.41, 5.74) is -0.140. The van der Waals surface area contributed by atoms with Gasteiger partial charge in [0, 0.05) is 0 Å². The smallest absolute Gasteiger partial charge is 0.417 e. The number of unbranched alkanes of at least 4 members (excludes halogenated alkanes) is 1. The average Bonchev–Trinajstić information content (AvgIpc) is 2.13. The van der Waals surface area contributed by atoms with Gasteiger partial charge in [-0.1, -0.05) is 34.1 Å². The minimum Gasteiger partial charge on any atom is -0.457 e. The highest BCUT2D eigenvalue weighted by atomic mass is 16.6. The minimum atomic E-state index is -0.902. The molecule has 15 heavy (non-hydrogen) atoms. The molecule has 0 aromatic carbocycles. The molecule has 0 saturated heterocycles. The maximum absolute atomic E-state index is 11.1. The second-order valence-electron chi connectivity index (χ2n) is 4.63. The van der Waals surface area contributed by atoms with Gasteiger partial charge in [0.05, 0.1) is 13.2 Å². The van der Waals surface area contributed by atoms with E-state index < -0.39 is 11.9 Å². The van der Waals surface area contributed by atoms with Gasteiger partial charge in [-0.3, -0.25) is 0 Å². The van der Waals surface area contributed by atoms with Crippen molar-refractivity contribution < 1.29 is 19.1 Å². The van der Waals surface area contributed by atoms with Crippen LogP contribution in [0.2, 0.25) is 0 Å². The van der Waals surface area contributed by atoms with Gasteiger partial charge in [0.15, 0.2) is 0 Å². The highest BCUT2D eigenvalue weighted by Crippen LogP contribution is 2.12. The van der Waals surface area contributed by atoms with E-state index in [2.05, 4.69) is 0 Å². The Bertz CT molecular complexity index is 215. The topological polar surface area (TPSA) is 52.6 Å². The SMILES string of the molecule is CCCCOC(=O)C(=O)OCC(C)(C)C. The van der Waals surface area contributed by atoms with Crippen LogP contribution >= 0.6 is 0 Å². The molecule has 0 aromatic heterocycles. The molecule has 0 N–H and O–H groups in total. The third kappa shape index (κ3) is 7.97. The summed E-state index contributed by atoms with van der Waals surface area (Å²) in [6, 6.07) is 0. The van der Waals surface area contributed by atoms with E-state index in [4.69, 9.17) is 9.47 Å². The monoisotopic (exact) mass is 216 g/mol. The molecular weight excluding hydrogens is 196 g/mol. The molecule has 0 amide bonds. The Kier molecular flexibility index (Phi) is 5.97. The Balaban J connectivity index is 3.75. The standard InChI is InChI=1S/C11H20O4/c1-5-6-7-14-9(12)10(13)15-8-11(2,3)4/h5-8H2,1-4H3. The summed E-state index contributed by atoms with van der Waals surface area (Å²) >= 11 is 0. The summed E-state index contributed by atoms with van der Waals surface area (Å²) in [6.45, 7) is 8.23. The van der Waals surface area contributed by atoms with Gasteiger partial charge in [-0.05, 0) is 11.8 Å². The molecule has 4 nitrogen and oxygen atoms in total. The number of ether oxygens (including phenoxy) is 2. The van der Waals surface area contributed by atoms with Crippen molar-refractivity contribution in [2.75, 3.05) is 13.2 Å². The summed E-state index contributed by atoms with van der Waals surface area (Å²) in [7, 11) is 0. The van der Waals surface area contributed by atoms with E-state index in [9.17, 15) is 9.59 Å². The van der Waals surface area contributed by atoms with Crippen molar-refractivity contribution in [3.8, 4) is 0 Å². The van der Waals surface area contributed by atoms with Crippen molar-refractivity contribution in [3.05, 3.63) is 0 Å². The van der Waals surface area contributed by atoms with Crippen LogP contribution in [0.5, 0.6) is 0 Å². The molecule has 4 heteroatoms. The maximum atomic E-state index is 11.1. The molecule has 0 radical (unpaired) electrons. The van der Waals surface area contributed by atoms with Crippen molar-refractivity contribution in [1.29, 1.82) is 0 Å². The molecule has 0 fully saturated rings.